The summed E-state index contributed by atoms with van der Waals surface area (Å²) in [5, 5.41) is 4.08. The van der Waals surface area contributed by atoms with Crippen molar-refractivity contribution in [2.24, 2.45) is 5.73 Å². The summed E-state index contributed by atoms with van der Waals surface area (Å²) in [5.74, 6) is 0. The largest absolute Gasteiger partial charge is 0.323 e. The van der Waals surface area contributed by atoms with Crippen LogP contribution in [-0.2, 0) is 6.54 Å². The zero-order valence-electron chi connectivity index (χ0n) is 5.12. The average molecular weight is 123 g/mol. The third kappa shape index (κ3) is 0.580. The van der Waals surface area contributed by atoms with E-state index in [0.717, 1.165) is 13.0 Å². The lowest BCUT2D eigenvalue weighted by Gasteiger charge is -1.95. The molecule has 3 nitrogen and oxygen atoms in total. The van der Waals surface area contributed by atoms with Crippen LogP contribution in [0.15, 0.2) is 12.3 Å². The summed E-state index contributed by atoms with van der Waals surface area (Å²) >= 11 is 0. The second-order valence-electron chi connectivity index (χ2n) is 2.37. The minimum absolute atomic E-state index is 0.229. The Labute approximate surface area is 53.5 Å². The zero-order chi connectivity index (χ0) is 6.27. The van der Waals surface area contributed by atoms with Crippen LogP contribution >= 0.6 is 0 Å². The standard InChI is InChI=1S/C6H9N3/c7-5-2-4-9-6(5)1-3-8-9/h1,3,5H,2,4,7H2. The highest BCUT2D eigenvalue weighted by Gasteiger charge is 2.17. The Balaban J connectivity index is 2.49. The van der Waals surface area contributed by atoms with E-state index in [1.54, 1.807) is 6.20 Å². The third-order valence-electron chi connectivity index (χ3n) is 1.78. The number of rotatable bonds is 0. The molecule has 0 aromatic carbocycles. The van der Waals surface area contributed by atoms with Crippen LogP contribution in [0.25, 0.3) is 0 Å². The maximum absolute atomic E-state index is 5.73. The van der Waals surface area contributed by atoms with Crippen molar-refractivity contribution in [2.75, 3.05) is 0 Å². The first-order valence-corrected chi connectivity index (χ1v) is 3.15. The molecule has 0 radical (unpaired) electrons. The van der Waals surface area contributed by atoms with E-state index >= 15 is 0 Å². The van der Waals surface area contributed by atoms with Crippen molar-refractivity contribution in [3.63, 3.8) is 0 Å². The first kappa shape index (κ1) is 4.99. The molecule has 0 fully saturated rings. The van der Waals surface area contributed by atoms with Gasteiger partial charge in [-0.15, -0.1) is 0 Å². The molecule has 48 valence electrons. The zero-order valence-corrected chi connectivity index (χ0v) is 5.12. The molecule has 0 amide bonds. The van der Waals surface area contributed by atoms with Crippen molar-refractivity contribution < 1.29 is 0 Å². The van der Waals surface area contributed by atoms with Crippen LogP contribution in [0, 0.1) is 0 Å². The molecule has 1 aliphatic heterocycles. The third-order valence-corrected chi connectivity index (χ3v) is 1.78. The average Bonchev–Trinajstić information content (AvgIpc) is 2.35. The lowest BCUT2D eigenvalue weighted by molar-refractivity contribution is 0.637. The van der Waals surface area contributed by atoms with Gasteiger partial charge in [-0.1, -0.05) is 0 Å². The maximum Gasteiger partial charge on any atom is 0.0552 e. The Bertz CT molecular complexity index is 216. The maximum atomic E-state index is 5.73. The van der Waals surface area contributed by atoms with Gasteiger partial charge in [-0.25, -0.2) is 0 Å². The number of hydrogen-bond donors (Lipinski definition) is 1. The fourth-order valence-electron chi connectivity index (χ4n) is 1.25. The van der Waals surface area contributed by atoms with Gasteiger partial charge in [-0.2, -0.15) is 5.10 Å². The molecular formula is C6H9N3. The minimum atomic E-state index is 0.229. The van der Waals surface area contributed by atoms with Gasteiger partial charge in [0, 0.05) is 18.8 Å². The SMILES string of the molecule is NC1CCn2nccc21. The molecule has 1 aliphatic rings. The Hall–Kier alpha value is -0.830. The normalized spacial score (nSPS) is 24.3. The van der Waals surface area contributed by atoms with E-state index < -0.39 is 0 Å². The highest BCUT2D eigenvalue weighted by atomic mass is 15.3. The lowest BCUT2D eigenvalue weighted by Crippen LogP contribution is -2.04. The second-order valence-corrected chi connectivity index (χ2v) is 2.37. The van der Waals surface area contributed by atoms with Crippen molar-refractivity contribution in [1.29, 1.82) is 0 Å². The molecule has 0 bridgehead atoms. The molecule has 0 aliphatic carbocycles. The topological polar surface area (TPSA) is 43.8 Å². The summed E-state index contributed by atoms with van der Waals surface area (Å²) < 4.78 is 1.96. The number of fused-ring (bicyclic) bond motifs is 1. The number of hydrogen-bond acceptors (Lipinski definition) is 2. The van der Waals surface area contributed by atoms with E-state index in [0.29, 0.717) is 0 Å². The number of aryl methyl sites for hydroxylation is 1. The van der Waals surface area contributed by atoms with Gasteiger partial charge in [-0.3, -0.25) is 4.68 Å². The lowest BCUT2D eigenvalue weighted by atomic mass is 10.2. The summed E-state index contributed by atoms with van der Waals surface area (Å²) in [6, 6.07) is 2.21. The summed E-state index contributed by atoms with van der Waals surface area (Å²) in [4.78, 5) is 0. The molecule has 3 heteroatoms. The molecule has 0 saturated heterocycles. The van der Waals surface area contributed by atoms with Crippen LogP contribution in [0.4, 0.5) is 0 Å². The van der Waals surface area contributed by atoms with Crippen molar-refractivity contribution in [3.05, 3.63) is 18.0 Å². The molecule has 1 unspecified atom stereocenters. The van der Waals surface area contributed by atoms with Crippen molar-refractivity contribution in [2.45, 2.75) is 19.0 Å². The quantitative estimate of drug-likeness (QED) is 0.538. The van der Waals surface area contributed by atoms with Gasteiger partial charge in [0.05, 0.1) is 5.69 Å². The molecule has 1 atom stereocenters. The fraction of sp³-hybridized carbons (Fsp3) is 0.500. The molecule has 0 saturated carbocycles. The van der Waals surface area contributed by atoms with Gasteiger partial charge in [0.25, 0.3) is 0 Å². The summed E-state index contributed by atoms with van der Waals surface area (Å²) in [5.41, 5.74) is 6.91. The van der Waals surface area contributed by atoms with Gasteiger partial charge < -0.3 is 5.73 Å². The Morgan fingerprint density at radius 3 is 3.44 bits per heavy atom. The van der Waals surface area contributed by atoms with Crippen LogP contribution < -0.4 is 5.73 Å². The van der Waals surface area contributed by atoms with Gasteiger partial charge in [0.15, 0.2) is 0 Å². The Kier molecular flexibility index (Phi) is 0.873. The van der Waals surface area contributed by atoms with E-state index in [2.05, 4.69) is 5.10 Å². The molecule has 1 aromatic heterocycles. The fourth-order valence-corrected chi connectivity index (χ4v) is 1.25. The molecule has 1 aromatic rings. The van der Waals surface area contributed by atoms with E-state index in [4.69, 9.17) is 5.73 Å². The van der Waals surface area contributed by atoms with E-state index in [1.807, 2.05) is 10.7 Å². The van der Waals surface area contributed by atoms with Crippen LogP contribution in [0.1, 0.15) is 18.2 Å². The first-order chi connectivity index (χ1) is 4.38. The number of nitrogens with two attached hydrogens (primary N) is 1. The highest BCUT2D eigenvalue weighted by Crippen LogP contribution is 2.20. The molecule has 0 spiro atoms. The smallest absolute Gasteiger partial charge is 0.0552 e. The molecular weight excluding hydrogens is 114 g/mol. The number of nitrogens with zero attached hydrogens (tertiary/aromatic N) is 2. The highest BCUT2D eigenvalue weighted by molar-refractivity contribution is 5.09. The van der Waals surface area contributed by atoms with Crippen molar-refractivity contribution >= 4 is 0 Å². The monoisotopic (exact) mass is 123 g/mol. The summed E-state index contributed by atoms with van der Waals surface area (Å²) in [7, 11) is 0. The van der Waals surface area contributed by atoms with E-state index in [-0.39, 0.29) is 6.04 Å². The summed E-state index contributed by atoms with van der Waals surface area (Å²) in [6.45, 7) is 0.990. The van der Waals surface area contributed by atoms with Crippen LogP contribution in [0.3, 0.4) is 0 Å². The second kappa shape index (κ2) is 1.57. The van der Waals surface area contributed by atoms with Crippen molar-refractivity contribution in [1.82, 2.24) is 9.78 Å². The van der Waals surface area contributed by atoms with Gasteiger partial charge >= 0.3 is 0 Å². The van der Waals surface area contributed by atoms with Crippen LogP contribution in [-0.4, -0.2) is 9.78 Å². The Morgan fingerprint density at radius 2 is 2.67 bits per heavy atom. The molecule has 2 heterocycles. The Morgan fingerprint density at radius 1 is 1.78 bits per heavy atom. The predicted molar refractivity (Wildman–Crippen MR) is 33.8 cm³/mol. The van der Waals surface area contributed by atoms with Crippen molar-refractivity contribution in [3.8, 4) is 0 Å². The van der Waals surface area contributed by atoms with Gasteiger partial charge in [0.2, 0.25) is 0 Å². The number of aromatic nitrogens is 2. The molecule has 9 heavy (non-hydrogen) atoms. The molecule has 2 rings (SSSR count). The summed E-state index contributed by atoms with van der Waals surface area (Å²) in [6.07, 6.45) is 2.84. The minimum Gasteiger partial charge on any atom is -0.323 e. The van der Waals surface area contributed by atoms with Gasteiger partial charge in [-0.05, 0) is 12.5 Å². The van der Waals surface area contributed by atoms with Gasteiger partial charge in [0.1, 0.15) is 0 Å². The van der Waals surface area contributed by atoms with Crippen LogP contribution in [0.2, 0.25) is 0 Å². The molecule has 2 N–H and O–H groups in total. The first-order valence-electron chi connectivity index (χ1n) is 3.15. The predicted octanol–water partition coefficient (Wildman–Crippen LogP) is 0.287. The van der Waals surface area contributed by atoms with E-state index in [9.17, 15) is 0 Å². The van der Waals surface area contributed by atoms with E-state index in [1.165, 1.54) is 5.69 Å². The van der Waals surface area contributed by atoms with Crippen LogP contribution in [0.5, 0.6) is 0 Å².